The van der Waals surface area contributed by atoms with Gasteiger partial charge in [-0.1, -0.05) is 29.8 Å². The Balaban J connectivity index is 1.60. The van der Waals surface area contributed by atoms with Gasteiger partial charge >= 0.3 is 0 Å². The molecule has 1 atom stereocenters. The van der Waals surface area contributed by atoms with Crippen LogP contribution in [0.5, 0.6) is 0 Å². The van der Waals surface area contributed by atoms with Crippen molar-refractivity contribution in [2.75, 3.05) is 13.2 Å². The molecule has 0 fully saturated rings. The number of hydrogen-bond acceptors (Lipinski definition) is 4. The summed E-state index contributed by atoms with van der Waals surface area (Å²) in [6.45, 7) is 1.80. The van der Waals surface area contributed by atoms with Gasteiger partial charge in [-0.2, -0.15) is 0 Å². The second-order valence-corrected chi connectivity index (χ2v) is 4.93. The molecule has 108 valence electrons. The zero-order valence-corrected chi connectivity index (χ0v) is 11.8. The number of aliphatic hydroxyl groups excluding tert-OH is 1. The minimum atomic E-state index is -0.551. The van der Waals surface area contributed by atoms with Crippen LogP contribution in [0, 0.1) is 0 Å². The third-order valence-corrected chi connectivity index (χ3v) is 3.18. The van der Waals surface area contributed by atoms with E-state index in [1.54, 1.807) is 12.5 Å². The Morgan fingerprint density at radius 1 is 1.30 bits per heavy atom. The molecule has 0 aliphatic carbocycles. The lowest BCUT2D eigenvalue weighted by atomic mass is 10.2. The maximum absolute atomic E-state index is 9.78. The van der Waals surface area contributed by atoms with Crippen molar-refractivity contribution >= 4 is 11.6 Å². The number of furan rings is 1. The molecule has 2 N–H and O–H groups in total. The molecule has 1 heterocycles. The summed E-state index contributed by atoms with van der Waals surface area (Å²) in [5.41, 5.74) is 1.97. The number of benzene rings is 1. The van der Waals surface area contributed by atoms with Crippen molar-refractivity contribution in [2.24, 2.45) is 0 Å². The molecule has 0 saturated heterocycles. The van der Waals surface area contributed by atoms with Crippen LogP contribution >= 0.6 is 11.6 Å². The van der Waals surface area contributed by atoms with Crippen LogP contribution < -0.4 is 5.32 Å². The summed E-state index contributed by atoms with van der Waals surface area (Å²) >= 11 is 6.02. The Kier molecular flexibility index (Phi) is 6.08. The molecule has 1 aromatic heterocycles. The lowest BCUT2D eigenvalue weighted by Crippen LogP contribution is -2.29. The maximum atomic E-state index is 9.78. The smallest absolute Gasteiger partial charge is 0.0947 e. The summed E-state index contributed by atoms with van der Waals surface area (Å²) in [5.74, 6) is 0. The van der Waals surface area contributed by atoms with Crippen LogP contribution in [0.1, 0.15) is 11.1 Å². The van der Waals surface area contributed by atoms with Gasteiger partial charge in [0, 0.05) is 23.7 Å². The molecule has 0 spiro atoms. The molecule has 1 unspecified atom stereocenters. The van der Waals surface area contributed by atoms with E-state index < -0.39 is 6.10 Å². The van der Waals surface area contributed by atoms with Gasteiger partial charge in [0.15, 0.2) is 0 Å². The van der Waals surface area contributed by atoms with E-state index in [0.717, 1.165) is 11.1 Å². The minimum absolute atomic E-state index is 0.267. The second-order valence-electron chi connectivity index (χ2n) is 4.52. The van der Waals surface area contributed by atoms with Crippen LogP contribution in [0.4, 0.5) is 0 Å². The number of halogens is 1. The van der Waals surface area contributed by atoms with Gasteiger partial charge in [-0.15, -0.1) is 0 Å². The van der Waals surface area contributed by atoms with Gasteiger partial charge in [0.05, 0.1) is 31.8 Å². The maximum Gasteiger partial charge on any atom is 0.0947 e. The Morgan fingerprint density at radius 2 is 2.15 bits per heavy atom. The van der Waals surface area contributed by atoms with Crippen molar-refractivity contribution in [2.45, 2.75) is 19.3 Å². The monoisotopic (exact) mass is 295 g/mol. The highest BCUT2D eigenvalue weighted by Crippen LogP contribution is 2.15. The highest BCUT2D eigenvalue weighted by molar-refractivity contribution is 6.31. The summed E-state index contributed by atoms with van der Waals surface area (Å²) in [7, 11) is 0. The number of ether oxygens (including phenoxy) is 1. The minimum Gasteiger partial charge on any atom is -0.472 e. The topological polar surface area (TPSA) is 54.6 Å². The first-order valence-electron chi connectivity index (χ1n) is 6.46. The molecule has 2 rings (SSSR count). The lowest BCUT2D eigenvalue weighted by Gasteiger charge is -2.12. The predicted octanol–water partition coefficient (Wildman–Crippen LogP) is 2.60. The first kappa shape index (κ1) is 15.1. The molecule has 0 radical (unpaired) electrons. The molecule has 4 nitrogen and oxygen atoms in total. The third-order valence-electron chi connectivity index (χ3n) is 2.81. The van der Waals surface area contributed by atoms with E-state index in [-0.39, 0.29) is 6.61 Å². The number of rotatable bonds is 8. The molecule has 0 saturated carbocycles. The van der Waals surface area contributed by atoms with Gasteiger partial charge in [-0.05, 0) is 17.7 Å². The Morgan fingerprint density at radius 3 is 2.90 bits per heavy atom. The normalized spacial score (nSPS) is 12.5. The Bertz CT molecular complexity index is 502. The Labute approximate surface area is 123 Å². The lowest BCUT2D eigenvalue weighted by molar-refractivity contribution is 0.0287. The molecule has 0 amide bonds. The largest absolute Gasteiger partial charge is 0.472 e. The summed E-state index contributed by atoms with van der Waals surface area (Å²) in [4.78, 5) is 0. The molecule has 1 aromatic carbocycles. The molecule has 5 heteroatoms. The fourth-order valence-corrected chi connectivity index (χ4v) is 1.95. The Hall–Kier alpha value is -1.33. The quantitative estimate of drug-likeness (QED) is 0.786. The van der Waals surface area contributed by atoms with Crippen molar-refractivity contribution in [1.82, 2.24) is 5.32 Å². The average Bonchev–Trinajstić information content (AvgIpc) is 2.94. The molecular weight excluding hydrogens is 278 g/mol. The van der Waals surface area contributed by atoms with Gasteiger partial charge < -0.3 is 19.6 Å². The van der Waals surface area contributed by atoms with E-state index in [0.29, 0.717) is 24.7 Å². The van der Waals surface area contributed by atoms with Crippen LogP contribution in [0.3, 0.4) is 0 Å². The fraction of sp³-hybridized carbons (Fsp3) is 0.333. The highest BCUT2D eigenvalue weighted by Gasteiger charge is 2.05. The van der Waals surface area contributed by atoms with Crippen LogP contribution in [-0.2, 0) is 17.9 Å². The summed E-state index contributed by atoms with van der Waals surface area (Å²) in [6, 6.07) is 9.40. The van der Waals surface area contributed by atoms with Crippen molar-refractivity contribution in [3.63, 3.8) is 0 Å². The first-order chi connectivity index (χ1) is 9.75. The van der Waals surface area contributed by atoms with E-state index in [9.17, 15) is 5.11 Å². The molecular formula is C15H18ClNO3. The molecule has 20 heavy (non-hydrogen) atoms. The van der Waals surface area contributed by atoms with Crippen molar-refractivity contribution in [3.8, 4) is 0 Å². The first-order valence-corrected chi connectivity index (χ1v) is 6.84. The summed E-state index contributed by atoms with van der Waals surface area (Å²) in [5, 5.41) is 13.6. The second kappa shape index (κ2) is 8.07. The van der Waals surface area contributed by atoms with E-state index in [4.69, 9.17) is 20.8 Å². The van der Waals surface area contributed by atoms with E-state index in [1.165, 1.54) is 0 Å². The fourth-order valence-electron chi connectivity index (χ4n) is 1.76. The standard InChI is InChI=1S/C15H18ClNO3/c16-15-4-2-1-3-13(15)10-20-11-14(18)8-17-7-12-5-6-19-9-12/h1-6,9,14,17-18H,7-8,10-11H2. The number of nitrogens with one attached hydrogen (secondary N) is 1. The van der Waals surface area contributed by atoms with Gasteiger partial charge in [0.25, 0.3) is 0 Å². The molecule has 2 aromatic rings. The van der Waals surface area contributed by atoms with Crippen LogP contribution in [0.2, 0.25) is 5.02 Å². The van der Waals surface area contributed by atoms with E-state index in [1.807, 2.05) is 30.3 Å². The molecule has 0 bridgehead atoms. The SMILES string of the molecule is OC(CNCc1ccoc1)COCc1ccccc1Cl. The predicted molar refractivity (Wildman–Crippen MR) is 77.5 cm³/mol. The zero-order valence-electron chi connectivity index (χ0n) is 11.1. The summed E-state index contributed by atoms with van der Waals surface area (Å²) < 4.78 is 10.4. The van der Waals surface area contributed by atoms with Crippen molar-refractivity contribution < 1.29 is 14.3 Å². The van der Waals surface area contributed by atoms with Gasteiger partial charge in [-0.3, -0.25) is 0 Å². The summed E-state index contributed by atoms with van der Waals surface area (Å²) in [6.07, 6.45) is 2.75. The van der Waals surface area contributed by atoms with Gasteiger partial charge in [0.2, 0.25) is 0 Å². The number of aliphatic hydroxyl groups is 1. The van der Waals surface area contributed by atoms with Crippen LogP contribution in [0.15, 0.2) is 47.3 Å². The third kappa shape index (κ3) is 4.98. The van der Waals surface area contributed by atoms with Crippen LogP contribution in [-0.4, -0.2) is 24.4 Å². The highest BCUT2D eigenvalue weighted by atomic mass is 35.5. The van der Waals surface area contributed by atoms with E-state index in [2.05, 4.69) is 5.32 Å². The van der Waals surface area contributed by atoms with Gasteiger partial charge in [-0.25, -0.2) is 0 Å². The zero-order chi connectivity index (χ0) is 14.2. The molecule has 0 aliphatic rings. The average molecular weight is 296 g/mol. The number of hydrogen-bond donors (Lipinski definition) is 2. The van der Waals surface area contributed by atoms with Crippen molar-refractivity contribution in [3.05, 3.63) is 59.0 Å². The van der Waals surface area contributed by atoms with Crippen LogP contribution in [0.25, 0.3) is 0 Å². The molecule has 0 aliphatic heterocycles. The van der Waals surface area contributed by atoms with Crippen molar-refractivity contribution in [1.29, 1.82) is 0 Å². The van der Waals surface area contributed by atoms with Gasteiger partial charge in [0.1, 0.15) is 0 Å². The van der Waals surface area contributed by atoms with E-state index >= 15 is 0 Å².